The maximum atomic E-state index is 12.8. The zero-order chi connectivity index (χ0) is 22.6. The molecule has 0 saturated carbocycles. The van der Waals surface area contributed by atoms with E-state index >= 15 is 0 Å². The zero-order valence-electron chi connectivity index (χ0n) is 17.5. The van der Waals surface area contributed by atoms with Crippen molar-refractivity contribution < 1.29 is 4.79 Å². The van der Waals surface area contributed by atoms with Crippen LogP contribution in [0.1, 0.15) is 10.4 Å². The maximum absolute atomic E-state index is 12.8. The SMILES string of the molecule is Nc1ncncc1-c1nc(-c2cccc(NC(=O)c3ccc(-c4ccccc4)cc3)c2)cs1. The highest BCUT2D eigenvalue weighted by Crippen LogP contribution is 2.31. The number of aromatic nitrogens is 3. The molecule has 33 heavy (non-hydrogen) atoms. The fraction of sp³-hybridized carbons (Fsp3) is 0. The maximum Gasteiger partial charge on any atom is 0.255 e. The van der Waals surface area contributed by atoms with Gasteiger partial charge in [-0.05, 0) is 35.4 Å². The predicted molar refractivity (Wildman–Crippen MR) is 133 cm³/mol. The molecule has 0 radical (unpaired) electrons. The third kappa shape index (κ3) is 4.49. The van der Waals surface area contributed by atoms with Crippen LogP contribution in [0.3, 0.4) is 0 Å². The second-order valence-corrected chi connectivity index (χ2v) is 8.20. The van der Waals surface area contributed by atoms with E-state index in [-0.39, 0.29) is 5.91 Å². The van der Waals surface area contributed by atoms with Crippen LogP contribution in [0, 0.1) is 0 Å². The number of amides is 1. The highest BCUT2D eigenvalue weighted by molar-refractivity contribution is 7.13. The number of nitrogens with one attached hydrogen (secondary N) is 1. The van der Waals surface area contributed by atoms with Crippen molar-refractivity contribution in [3.63, 3.8) is 0 Å². The summed E-state index contributed by atoms with van der Waals surface area (Å²) in [5.74, 6) is 0.227. The van der Waals surface area contributed by atoms with E-state index in [4.69, 9.17) is 5.73 Å². The van der Waals surface area contributed by atoms with Crippen LogP contribution in [-0.2, 0) is 0 Å². The van der Waals surface area contributed by atoms with Gasteiger partial charge < -0.3 is 11.1 Å². The van der Waals surface area contributed by atoms with Gasteiger partial charge in [-0.15, -0.1) is 11.3 Å². The van der Waals surface area contributed by atoms with Crippen LogP contribution in [0.4, 0.5) is 11.5 Å². The third-order valence-electron chi connectivity index (χ3n) is 5.15. The molecule has 7 heteroatoms. The highest BCUT2D eigenvalue weighted by Gasteiger charge is 2.12. The molecule has 0 spiro atoms. The molecule has 0 atom stereocenters. The average Bonchev–Trinajstić information content (AvgIpc) is 3.35. The molecule has 0 aliphatic carbocycles. The molecule has 2 aromatic heterocycles. The Balaban J connectivity index is 1.33. The Morgan fingerprint density at radius 1 is 0.879 bits per heavy atom. The Morgan fingerprint density at radius 3 is 2.42 bits per heavy atom. The van der Waals surface area contributed by atoms with Gasteiger partial charge >= 0.3 is 0 Å². The van der Waals surface area contributed by atoms with Crippen LogP contribution in [0.15, 0.2) is 96.8 Å². The van der Waals surface area contributed by atoms with Gasteiger partial charge in [-0.1, -0.05) is 54.6 Å². The molecular formula is C26H19N5OS. The summed E-state index contributed by atoms with van der Waals surface area (Å²) in [7, 11) is 0. The van der Waals surface area contributed by atoms with Gasteiger partial charge in [-0.3, -0.25) is 4.79 Å². The summed E-state index contributed by atoms with van der Waals surface area (Å²) in [6.07, 6.45) is 3.07. The number of nitrogens with zero attached hydrogens (tertiary/aromatic N) is 3. The third-order valence-corrected chi connectivity index (χ3v) is 6.02. The summed E-state index contributed by atoms with van der Waals surface area (Å²) in [5, 5.41) is 5.67. The van der Waals surface area contributed by atoms with Gasteiger partial charge in [-0.25, -0.2) is 15.0 Å². The summed E-state index contributed by atoms with van der Waals surface area (Å²) in [4.78, 5) is 25.5. The number of benzene rings is 3. The van der Waals surface area contributed by atoms with Gasteiger partial charge in [0, 0.05) is 28.4 Å². The standard InChI is InChI=1S/C26H19N5OS/c27-24-22(14-28-16-29-24)26-31-23(15-33-26)20-7-4-8-21(13-20)30-25(32)19-11-9-18(10-12-19)17-5-2-1-3-6-17/h1-16H,(H,30,32)(H2,27,28,29). The van der Waals surface area contributed by atoms with Crippen LogP contribution in [-0.4, -0.2) is 20.9 Å². The fourth-order valence-electron chi connectivity index (χ4n) is 3.44. The molecule has 0 aliphatic heterocycles. The lowest BCUT2D eigenvalue weighted by Crippen LogP contribution is -2.11. The number of nitrogens with two attached hydrogens (primary N) is 1. The lowest BCUT2D eigenvalue weighted by Gasteiger charge is -2.08. The minimum atomic E-state index is -0.167. The van der Waals surface area contributed by atoms with Crippen molar-refractivity contribution in [2.24, 2.45) is 0 Å². The van der Waals surface area contributed by atoms with E-state index in [9.17, 15) is 4.79 Å². The summed E-state index contributed by atoms with van der Waals surface area (Å²) in [6.45, 7) is 0. The van der Waals surface area contributed by atoms with Crippen LogP contribution in [0.25, 0.3) is 33.0 Å². The number of carbonyl (C=O) groups is 1. The molecule has 2 heterocycles. The molecule has 0 aliphatic rings. The van der Waals surface area contributed by atoms with E-state index in [1.807, 2.05) is 84.2 Å². The van der Waals surface area contributed by atoms with Crippen molar-refractivity contribution in [1.82, 2.24) is 15.0 Å². The monoisotopic (exact) mass is 449 g/mol. The van der Waals surface area contributed by atoms with E-state index in [0.29, 0.717) is 22.6 Å². The topological polar surface area (TPSA) is 93.8 Å². The number of nitrogen functional groups attached to an aromatic ring is 1. The van der Waals surface area contributed by atoms with Gasteiger partial charge in [0.15, 0.2) is 0 Å². The molecule has 160 valence electrons. The Morgan fingerprint density at radius 2 is 1.64 bits per heavy atom. The Kier molecular flexibility index (Phi) is 5.61. The van der Waals surface area contributed by atoms with Crippen molar-refractivity contribution in [1.29, 1.82) is 0 Å². The quantitative estimate of drug-likeness (QED) is 0.355. The first-order chi connectivity index (χ1) is 16.2. The van der Waals surface area contributed by atoms with E-state index in [0.717, 1.165) is 27.4 Å². The Hall–Kier alpha value is -4.36. The lowest BCUT2D eigenvalue weighted by atomic mass is 10.0. The smallest absolute Gasteiger partial charge is 0.255 e. The summed E-state index contributed by atoms with van der Waals surface area (Å²) in [5.41, 5.74) is 11.8. The second kappa shape index (κ2) is 9.02. The van der Waals surface area contributed by atoms with Crippen molar-refractivity contribution in [3.05, 3.63) is 102 Å². The summed E-state index contributed by atoms with van der Waals surface area (Å²) >= 11 is 1.47. The first kappa shape index (κ1) is 20.5. The average molecular weight is 450 g/mol. The molecule has 6 nitrogen and oxygen atoms in total. The first-order valence-electron chi connectivity index (χ1n) is 10.3. The molecular weight excluding hydrogens is 430 g/mol. The van der Waals surface area contributed by atoms with Gasteiger partial charge in [0.05, 0.1) is 11.3 Å². The van der Waals surface area contributed by atoms with Crippen molar-refractivity contribution in [2.75, 3.05) is 11.1 Å². The van der Waals surface area contributed by atoms with E-state index in [1.165, 1.54) is 17.7 Å². The normalized spacial score (nSPS) is 10.7. The number of hydrogen-bond acceptors (Lipinski definition) is 6. The molecule has 0 saturated heterocycles. The fourth-order valence-corrected chi connectivity index (χ4v) is 4.29. The minimum Gasteiger partial charge on any atom is -0.383 e. The molecule has 0 unspecified atom stereocenters. The summed E-state index contributed by atoms with van der Waals surface area (Å²) < 4.78 is 0. The molecule has 3 N–H and O–H groups in total. The molecule has 5 rings (SSSR count). The van der Waals surface area contributed by atoms with E-state index in [1.54, 1.807) is 6.20 Å². The molecule has 5 aromatic rings. The van der Waals surface area contributed by atoms with Crippen LogP contribution in [0.5, 0.6) is 0 Å². The highest BCUT2D eigenvalue weighted by atomic mass is 32.1. The lowest BCUT2D eigenvalue weighted by molar-refractivity contribution is 0.102. The number of carbonyl (C=O) groups excluding carboxylic acids is 1. The first-order valence-corrected chi connectivity index (χ1v) is 11.1. The van der Waals surface area contributed by atoms with Crippen LogP contribution >= 0.6 is 11.3 Å². The van der Waals surface area contributed by atoms with Crippen molar-refractivity contribution in [2.45, 2.75) is 0 Å². The molecule has 0 fully saturated rings. The van der Waals surface area contributed by atoms with Gasteiger partial charge in [0.1, 0.15) is 17.2 Å². The number of hydrogen-bond donors (Lipinski definition) is 2. The number of thiazole rings is 1. The Labute approximate surface area is 194 Å². The van der Waals surface area contributed by atoms with Gasteiger partial charge in [-0.2, -0.15) is 0 Å². The van der Waals surface area contributed by atoms with Gasteiger partial charge in [0.2, 0.25) is 0 Å². The molecule has 3 aromatic carbocycles. The largest absolute Gasteiger partial charge is 0.383 e. The summed E-state index contributed by atoms with van der Waals surface area (Å²) in [6, 6.07) is 25.2. The van der Waals surface area contributed by atoms with Crippen molar-refractivity contribution >= 4 is 28.7 Å². The number of rotatable bonds is 5. The van der Waals surface area contributed by atoms with E-state index in [2.05, 4.69) is 20.3 Å². The second-order valence-electron chi connectivity index (χ2n) is 7.34. The number of anilines is 2. The van der Waals surface area contributed by atoms with Crippen LogP contribution < -0.4 is 11.1 Å². The van der Waals surface area contributed by atoms with Crippen molar-refractivity contribution in [3.8, 4) is 33.0 Å². The van der Waals surface area contributed by atoms with E-state index < -0.39 is 0 Å². The predicted octanol–water partition coefficient (Wildman–Crippen LogP) is 5.77. The zero-order valence-corrected chi connectivity index (χ0v) is 18.3. The minimum absolute atomic E-state index is 0.167. The Bertz CT molecular complexity index is 1410. The molecule has 0 bridgehead atoms. The van der Waals surface area contributed by atoms with Crippen LogP contribution in [0.2, 0.25) is 0 Å². The molecule has 1 amide bonds. The van der Waals surface area contributed by atoms with Gasteiger partial charge in [0.25, 0.3) is 5.91 Å².